The zero-order valence-corrected chi connectivity index (χ0v) is 15.6. The molecule has 3 N–H and O–H groups in total. The molecule has 1 saturated heterocycles. The van der Waals surface area contributed by atoms with E-state index in [0.29, 0.717) is 17.8 Å². The second kappa shape index (κ2) is 6.62. The van der Waals surface area contributed by atoms with Gasteiger partial charge in [0.25, 0.3) is 0 Å². The third-order valence-electron chi connectivity index (χ3n) is 6.17. The van der Waals surface area contributed by atoms with E-state index in [1.807, 2.05) is 18.2 Å². The van der Waals surface area contributed by atoms with Crippen molar-refractivity contribution in [2.45, 2.75) is 38.3 Å². The minimum atomic E-state index is 0.236. The molecule has 1 aromatic carbocycles. The summed E-state index contributed by atoms with van der Waals surface area (Å²) in [5.74, 6) is 0.236. The van der Waals surface area contributed by atoms with E-state index in [0.717, 1.165) is 42.7 Å². The number of aromatic nitrogens is 3. The van der Waals surface area contributed by atoms with Crippen LogP contribution in [0.2, 0.25) is 0 Å². The van der Waals surface area contributed by atoms with Gasteiger partial charge in [0, 0.05) is 41.7 Å². The van der Waals surface area contributed by atoms with Crippen molar-refractivity contribution in [3.05, 3.63) is 41.6 Å². The van der Waals surface area contributed by atoms with Gasteiger partial charge in [-0.25, -0.2) is 0 Å². The summed E-state index contributed by atoms with van der Waals surface area (Å²) in [5.41, 5.74) is 4.92. The van der Waals surface area contributed by atoms with E-state index in [9.17, 15) is 5.11 Å². The summed E-state index contributed by atoms with van der Waals surface area (Å²) < 4.78 is 0. The molecule has 2 aliphatic rings. The van der Waals surface area contributed by atoms with E-state index in [-0.39, 0.29) is 5.75 Å². The molecule has 2 aliphatic heterocycles. The lowest BCUT2D eigenvalue weighted by molar-refractivity contribution is 0.109. The predicted molar refractivity (Wildman–Crippen MR) is 106 cm³/mol. The molecule has 1 fully saturated rings. The lowest BCUT2D eigenvalue weighted by Gasteiger charge is -2.41. The van der Waals surface area contributed by atoms with Crippen LogP contribution in [0.4, 0.5) is 0 Å². The summed E-state index contributed by atoms with van der Waals surface area (Å²) in [6.07, 6.45) is 3.45. The van der Waals surface area contributed by atoms with Crippen molar-refractivity contribution < 1.29 is 5.11 Å². The Kier molecular flexibility index (Phi) is 4.10. The molecule has 0 spiro atoms. The highest BCUT2D eigenvalue weighted by molar-refractivity contribution is 5.86. The quantitative estimate of drug-likeness (QED) is 0.652. The first kappa shape index (κ1) is 16.7. The number of benzene rings is 1. The summed E-state index contributed by atoms with van der Waals surface area (Å²) >= 11 is 0. The van der Waals surface area contributed by atoms with Gasteiger partial charge in [-0.2, -0.15) is 0 Å². The number of rotatable bonds is 2. The second-order valence-corrected chi connectivity index (χ2v) is 7.67. The van der Waals surface area contributed by atoms with Crippen LogP contribution in [0.5, 0.6) is 5.75 Å². The SMILES string of the molecule is CC1c2c([nH]c3nnc(-c4ccccc4O)cc23)CCN1C1CCNCC1. The molecule has 2 aromatic heterocycles. The number of nitrogens with one attached hydrogen (secondary N) is 2. The Balaban J connectivity index is 1.57. The smallest absolute Gasteiger partial charge is 0.160 e. The highest BCUT2D eigenvalue weighted by Gasteiger charge is 2.33. The molecule has 4 heterocycles. The Labute approximate surface area is 158 Å². The number of phenols is 1. The van der Waals surface area contributed by atoms with Crippen LogP contribution in [0.1, 0.15) is 37.1 Å². The predicted octanol–water partition coefficient (Wildman–Crippen LogP) is 3.00. The number of H-pyrrole nitrogens is 1. The van der Waals surface area contributed by atoms with Gasteiger partial charge in [-0.1, -0.05) is 12.1 Å². The van der Waals surface area contributed by atoms with E-state index >= 15 is 0 Å². The first-order valence-corrected chi connectivity index (χ1v) is 9.85. The summed E-state index contributed by atoms with van der Waals surface area (Å²) in [4.78, 5) is 6.15. The van der Waals surface area contributed by atoms with Gasteiger partial charge in [0.15, 0.2) is 5.65 Å². The molecule has 0 bridgehead atoms. The maximum Gasteiger partial charge on any atom is 0.160 e. The number of piperidine rings is 1. The van der Waals surface area contributed by atoms with Gasteiger partial charge in [-0.05, 0) is 56.6 Å². The number of hydrogen-bond acceptors (Lipinski definition) is 5. The van der Waals surface area contributed by atoms with Crippen molar-refractivity contribution >= 4 is 11.0 Å². The molecule has 5 rings (SSSR count). The van der Waals surface area contributed by atoms with Crippen LogP contribution in [-0.4, -0.2) is 50.9 Å². The first-order chi connectivity index (χ1) is 13.2. The Bertz CT molecular complexity index is 976. The molecular weight excluding hydrogens is 338 g/mol. The third kappa shape index (κ3) is 2.80. The van der Waals surface area contributed by atoms with Crippen LogP contribution in [0, 0.1) is 0 Å². The molecule has 1 atom stereocenters. The maximum atomic E-state index is 10.2. The van der Waals surface area contributed by atoms with Crippen LogP contribution < -0.4 is 5.32 Å². The van der Waals surface area contributed by atoms with Gasteiger partial charge in [0.05, 0.1) is 5.69 Å². The zero-order valence-electron chi connectivity index (χ0n) is 15.6. The molecule has 0 radical (unpaired) electrons. The molecule has 6 heteroatoms. The highest BCUT2D eigenvalue weighted by Crippen LogP contribution is 2.38. The number of fused-ring (bicyclic) bond motifs is 3. The summed E-state index contributed by atoms with van der Waals surface area (Å²) in [5, 5.41) is 23.6. The molecule has 27 heavy (non-hydrogen) atoms. The Morgan fingerprint density at radius 1 is 1.15 bits per heavy atom. The van der Waals surface area contributed by atoms with E-state index in [2.05, 4.69) is 38.4 Å². The molecule has 3 aromatic rings. The topological polar surface area (TPSA) is 77.1 Å². The van der Waals surface area contributed by atoms with Crippen molar-refractivity contribution in [1.29, 1.82) is 0 Å². The van der Waals surface area contributed by atoms with Crippen molar-refractivity contribution in [3.8, 4) is 17.0 Å². The van der Waals surface area contributed by atoms with Gasteiger partial charge in [-0.15, -0.1) is 10.2 Å². The normalized spacial score (nSPS) is 21.4. The lowest BCUT2D eigenvalue weighted by Crippen LogP contribution is -2.46. The molecule has 1 unspecified atom stereocenters. The number of aromatic amines is 1. The van der Waals surface area contributed by atoms with Gasteiger partial charge in [0.1, 0.15) is 5.75 Å². The summed E-state index contributed by atoms with van der Waals surface area (Å²) in [6, 6.07) is 10.4. The zero-order chi connectivity index (χ0) is 18.4. The van der Waals surface area contributed by atoms with Gasteiger partial charge in [0.2, 0.25) is 0 Å². The Morgan fingerprint density at radius 2 is 1.96 bits per heavy atom. The van der Waals surface area contributed by atoms with Crippen molar-refractivity contribution in [2.75, 3.05) is 19.6 Å². The fourth-order valence-electron chi connectivity index (χ4n) is 4.80. The average molecular weight is 363 g/mol. The number of aromatic hydroxyl groups is 1. The monoisotopic (exact) mass is 363 g/mol. The number of nitrogens with zero attached hydrogens (tertiary/aromatic N) is 3. The van der Waals surface area contributed by atoms with Crippen LogP contribution >= 0.6 is 0 Å². The molecule has 0 aliphatic carbocycles. The molecule has 0 amide bonds. The fraction of sp³-hybridized carbons (Fsp3) is 0.429. The number of para-hydroxylation sites is 1. The standard InChI is InChI=1S/C21H25N5O/c1-13-20-16-12-18(15-4-2-3-5-19(15)27)24-25-21(16)23-17(20)8-11-26(13)14-6-9-22-10-7-14/h2-5,12-14,22,27H,6-11H2,1H3,(H,23,25). The van der Waals surface area contributed by atoms with Crippen LogP contribution in [0.25, 0.3) is 22.3 Å². The number of hydrogen-bond donors (Lipinski definition) is 3. The van der Waals surface area contributed by atoms with E-state index < -0.39 is 0 Å². The largest absolute Gasteiger partial charge is 0.507 e. The highest BCUT2D eigenvalue weighted by atomic mass is 16.3. The molecule has 140 valence electrons. The fourth-order valence-corrected chi connectivity index (χ4v) is 4.80. The van der Waals surface area contributed by atoms with Crippen molar-refractivity contribution in [3.63, 3.8) is 0 Å². The van der Waals surface area contributed by atoms with Gasteiger partial charge < -0.3 is 15.4 Å². The first-order valence-electron chi connectivity index (χ1n) is 9.85. The maximum absolute atomic E-state index is 10.2. The Morgan fingerprint density at radius 3 is 2.78 bits per heavy atom. The minimum Gasteiger partial charge on any atom is -0.507 e. The Hall–Kier alpha value is -2.44. The summed E-state index contributed by atoms with van der Waals surface area (Å²) in [7, 11) is 0. The molecular formula is C21H25N5O. The summed E-state index contributed by atoms with van der Waals surface area (Å²) in [6.45, 7) is 5.62. The number of phenolic OH excluding ortho intramolecular Hbond substituents is 1. The van der Waals surface area contributed by atoms with Crippen molar-refractivity contribution in [1.82, 2.24) is 25.4 Å². The third-order valence-corrected chi connectivity index (χ3v) is 6.17. The average Bonchev–Trinajstić information content (AvgIpc) is 3.08. The van der Waals surface area contributed by atoms with Crippen LogP contribution in [0.3, 0.4) is 0 Å². The molecule has 6 nitrogen and oxygen atoms in total. The van der Waals surface area contributed by atoms with Crippen LogP contribution in [-0.2, 0) is 6.42 Å². The lowest BCUT2D eigenvalue weighted by atomic mass is 9.93. The van der Waals surface area contributed by atoms with E-state index in [4.69, 9.17) is 0 Å². The minimum absolute atomic E-state index is 0.236. The second-order valence-electron chi connectivity index (χ2n) is 7.67. The van der Waals surface area contributed by atoms with E-state index in [1.165, 1.54) is 24.1 Å². The van der Waals surface area contributed by atoms with Crippen molar-refractivity contribution in [2.24, 2.45) is 0 Å². The van der Waals surface area contributed by atoms with Gasteiger partial charge in [-0.3, -0.25) is 4.90 Å². The van der Waals surface area contributed by atoms with E-state index in [1.54, 1.807) is 6.07 Å². The van der Waals surface area contributed by atoms with Crippen LogP contribution in [0.15, 0.2) is 30.3 Å². The molecule has 0 saturated carbocycles. The van der Waals surface area contributed by atoms with Gasteiger partial charge >= 0.3 is 0 Å².